The Hall–Kier alpha value is -3.19. The van der Waals surface area contributed by atoms with Crippen molar-refractivity contribution < 1.29 is 9.72 Å². The van der Waals surface area contributed by atoms with Crippen LogP contribution in [0.3, 0.4) is 0 Å². The minimum Gasteiger partial charge on any atom is -0.303 e. The van der Waals surface area contributed by atoms with E-state index in [0.29, 0.717) is 5.56 Å². The molecule has 26 heavy (non-hydrogen) atoms. The molecule has 0 bridgehead atoms. The Morgan fingerprint density at radius 2 is 1.85 bits per heavy atom. The van der Waals surface area contributed by atoms with Crippen LogP contribution in [0.1, 0.15) is 22.3 Å². The number of non-ortho nitro benzene ring substituents is 1. The molecule has 0 fully saturated rings. The van der Waals surface area contributed by atoms with Gasteiger partial charge in [-0.1, -0.05) is 30.3 Å². The van der Waals surface area contributed by atoms with Crippen LogP contribution in [0.2, 0.25) is 0 Å². The molecule has 0 unspecified atom stereocenters. The second-order valence-corrected chi connectivity index (χ2v) is 6.08. The highest BCUT2D eigenvalue weighted by molar-refractivity contribution is 5.94. The molecule has 0 aliphatic carbocycles. The van der Waals surface area contributed by atoms with Crippen molar-refractivity contribution in [2.45, 2.75) is 13.0 Å². The van der Waals surface area contributed by atoms with Gasteiger partial charge in [0.2, 0.25) is 0 Å². The van der Waals surface area contributed by atoms with E-state index in [1.807, 2.05) is 18.2 Å². The number of carbonyl (C=O) groups excluding carboxylic acids is 1. The highest BCUT2D eigenvalue weighted by atomic mass is 16.6. The van der Waals surface area contributed by atoms with Crippen LogP contribution >= 0.6 is 0 Å². The van der Waals surface area contributed by atoms with E-state index in [0.717, 1.165) is 31.8 Å². The van der Waals surface area contributed by atoms with Gasteiger partial charge in [-0.05, 0) is 23.8 Å². The Morgan fingerprint density at radius 3 is 2.46 bits per heavy atom. The van der Waals surface area contributed by atoms with Crippen LogP contribution in [0.4, 0.5) is 5.69 Å². The predicted octanol–water partition coefficient (Wildman–Crippen LogP) is 2.62. The van der Waals surface area contributed by atoms with Gasteiger partial charge in [-0.25, -0.2) is 0 Å². The second kappa shape index (κ2) is 8.26. The van der Waals surface area contributed by atoms with Crippen LogP contribution in [-0.4, -0.2) is 28.8 Å². The van der Waals surface area contributed by atoms with Gasteiger partial charge in [0.15, 0.2) is 0 Å². The zero-order chi connectivity index (χ0) is 18.4. The molecule has 3 rings (SSSR count). The van der Waals surface area contributed by atoms with Crippen molar-refractivity contribution in [1.29, 1.82) is 0 Å². The summed E-state index contributed by atoms with van der Waals surface area (Å²) in [5.74, 6) is -0.326. The molecule has 2 aromatic rings. The van der Waals surface area contributed by atoms with Crippen LogP contribution in [0, 0.1) is 10.1 Å². The van der Waals surface area contributed by atoms with Crippen molar-refractivity contribution >= 4 is 11.6 Å². The van der Waals surface area contributed by atoms with Gasteiger partial charge in [-0.15, -0.1) is 0 Å². The van der Waals surface area contributed by atoms with Crippen molar-refractivity contribution in [1.82, 2.24) is 15.8 Å². The molecule has 1 amide bonds. The minimum atomic E-state index is -0.492. The molecular weight excluding hydrogens is 332 g/mol. The summed E-state index contributed by atoms with van der Waals surface area (Å²) in [7, 11) is 0. The van der Waals surface area contributed by atoms with Crippen molar-refractivity contribution in [2.75, 3.05) is 13.1 Å². The fourth-order valence-corrected chi connectivity index (χ4v) is 2.75. The average Bonchev–Trinajstić information content (AvgIpc) is 2.68. The van der Waals surface area contributed by atoms with E-state index < -0.39 is 4.92 Å². The Bertz CT molecular complexity index is 803. The number of hydrogen-bond acceptors (Lipinski definition) is 5. The number of nitrogens with zero attached hydrogens (tertiary/aromatic N) is 2. The van der Waals surface area contributed by atoms with Gasteiger partial charge in [0.25, 0.3) is 11.6 Å². The first-order chi connectivity index (χ1) is 12.6. The molecular formula is C19H20N4O3. The van der Waals surface area contributed by atoms with Crippen LogP contribution in [-0.2, 0) is 6.54 Å². The molecule has 0 saturated heterocycles. The van der Waals surface area contributed by atoms with E-state index in [4.69, 9.17) is 0 Å². The molecule has 1 heterocycles. The maximum Gasteiger partial charge on any atom is 0.269 e. The van der Waals surface area contributed by atoms with E-state index in [1.165, 1.54) is 29.8 Å². The normalized spacial score (nSPS) is 14.4. The van der Waals surface area contributed by atoms with Crippen molar-refractivity contribution in [3.8, 4) is 0 Å². The number of amides is 1. The van der Waals surface area contributed by atoms with Gasteiger partial charge < -0.3 is 5.43 Å². The number of rotatable bonds is 6. The molecule has 2 N–H and O–H groups in total. The summed E-state index contributed by atoms with van der Waals surface area (Å²) in [6, 6.07) is 15.8. The van der Waals surface area contributed by atoms with Crippen molar-refractivity contribution in [3.05, 3.63) is 87.6 Å². The summed E-state index contributed by atoms with van der Waals surface area (Å²) >= 11 is 0. The number of hydrazine groups is 1. The monoisotopic (exact) mass is 352 g/mol. The lowest BCUT2D eigenvalue weighted by Crippen LogP contribution is -2.40. The molecule has 0 aromatic heterocycles. The van der Waals surface area contributed by atoms with Crippen LogP contribution in [0.5, 0.6) is 0 Å². The average molecular weight is 352 g/mol. The zero-order valence-corrected chi connectivity index (χ0v) is 14.2. The lowest BCUT2D eigenvalue weighted by molar-refractivity contribution is -0.384. The minimum absolute atomic E-state index is 0.0389. The number of nitrogens with one attached hydrogen (secondary N) is 2. The van der Waals surface area contributed by atoms with E-state index in [9.17, 15) is 14.9 Å². The number of benzene rings is 2. The summed E-state index contributed by atoms with van der Waals surface area (Å²) in [5, 5.41) is 10.6. The summed E-state index contributed by atoms with van der Waals surface area (Å²) in [6.07, 6.45) is 2.87. The first kappa shape index (κ1) is 17.6. The third-order valence-electron chi connectivity index (χ3n) is 4.22. The van der Waals surface area contributed by atoms with Crippen LogP contribution in [0.15, 0.2) is 66.4 Å². The molecule has 0 spiro atoms. The molecule has 0 saturated carbocycles. The fourth-order valence-electron chi connectivity index (χ4n) is 2.75. The van der Waals surface area contributed by atoms with Gasteiger partial charge in [0.05, 0.1) is 4.92 Å². The third-order valence-corrected chi connectivity index (χ3v) is 4.22. The van der Waals surface area contributed by atoms with E-state index >= 15 is 0 Å². The molecule has 134 valence electrons. The van der Waals surface area contributed by atoms with Crippen molar-refractivity contribution in [2.24, 2.45) is 0 Å². The molecule has 0 atom stereocenters. The molecule has 0 radical (unpaired) electrons. The summed E-state index contributed by atoms with van der Waals surface area (Å²) in [5.41, 5.74) is 8.15. The number of nitro groups is 1. The van der Waals surface area contributed by atoms with Gasteiger partial charge >= 0.3 is 0 Å². The van der Waals surface area contributed by atoms with E-state index in [-0.39, 0.29) is 11.6 Å². The van der Waals surface area contributed by atoms with Crippen molar-refractivity contribution in [3.63, 3.8) is 0 Å². The first-order valence-corrected chi connectivity index (χ1v) is 8.38. The van der Waals surface area contributed by atoms with Crippen LogP contribution in [0.25, 0.3) is 0 Å². The highest BCUT2D eigenvalue weighted by Gasteiger charge is 2.13. The summed E-state index contributed by atoms with van der Waals surface area (Å²) < 4.78 is 0. The molecule has 1 aliphatic rings. The maximum absolute atomic E-state index is 12.1. The molecule has 7 nitrogen and oxygen atoms in total. The Balaban J connectivity index is 1.47. The number of nitro benzene ring substituents is 1. The van der Waals surface area contributed by atoms with Gasteiger partial charge in [-0.3, -0.25) is 25.2 Å². The van der Waals surface area contributed by atoms with Gasteiger partial charge in [0, 0.05) is 49.4 Å². The largest absolute Gasteiger partial charge is 0.303 e. The first-order valence-electron chi connectivity index (χ1n) is 8.38. The molecule has 2 aromatic carbocycles. The lowest BCUT2D eigenvalue weighted by Gasteiger charge is -2.26. The quantitative estimate of drug-likeness (QED) is 0.616. The standard InChI is InChI=1S/C19H20N4O3/c24-19(16-6-8-18(9-7-16)23(25)26)21-20-17-10-12-22(13-11-17)14-15-4-2-1-3-5-15/h1-10,20H,11-14H2,(H,21,24). The predicted molar refractivity (Wildman–Crippen MR) is 98.1 cm³/mol. The third kappa shape index (κ3) is 4.67. The Labute approximate surface area is 151 Å². The van der Waals surface area contributed by atoms with E-state index in [1.54, 1.807) is 0 Å². The fraction of sp³-hybridized carbons (Fsp3) is 0.211. The van der Waals surface area contributed by atoms with Gasteiger partial charge in [0.1, 0.15) is 0 Å². The smallest absolute Gasteiger partial charge is 0.269 e. The molecule has 1 aliphatic heterocycles. The second-order valence-electron chi connectivity index (χ2n) is 6.08. The molecule has 7 heteroatoms. The van der Waals surface area contributed by atoms with Crippen LogP contribution < -0.4 is 10.9 Å². The SMILES string of the molecule is O=C(NNC1=CCN(Cc2ccccc2)CC1)c1ccc([N+](=O)[O-])cc1. The highest BCUT2D eigenvalue weighted by Crippen LogP contribution is 2.13. The topological polar surface area (TPSA) is 87.5 Å². The Kier molecular flexibility index (Phi) is 5.60. The number of carbonyl (C=O) groups is 1. The van der Waals surface area contributed by atoms with Gasteiger partial charge in [-0.2, -0.15) is 0 Å². The maximum atomic E-state index is 12.1. The Morgan fingerprint density at radius 1 is 1.12 bits per heavy atom. The summed E-state index contributed by atoms with van der Waals surface area (Å²) in [4.78, 5) is 24.6. The van der Waals surface area contributed by atoms with E-state index in [2.05, 4.69) is 34.0 Å². The summed E-state index contributed by atoms with van der Waals surface area (Å²) in [6.45, 7) is 2.62. The number of hydrogen-bond donors (Lipinski definition) is 2. The zero-order valence-electron chi connectivity index (χ0n) is 14.2. The lowest BCUT2D eigenvalue weighted by atomic mass is 10.1.